The molecule has 2 amide bonds. The van der Waals surface area contributed by atoms with Gasteiger partial charge in [0.2, 0.25) is 0 Å². The number of carbonyl (C=O) groups excluding carboxylic acids is 1. The summed E-state index contributed by atoms with van der Waals surface area (Å²) >= 11 is 0. The lowest BCUT2D eigenvalue weighted by molar-refractivity contribution is -0.276. The summed E-state index contributed by atoms with van der Waals surface area (Å²) in [6, 6.07) is 15.9. The van der Waals surface area contributed by atoms with Gasteiger partial charge in [0.25, 0.3) is 0 Å². The zero-order valence-electron chi connectivity index (χ0n) is 25.3. The fraction of sp³-hybridized carbons (Fsp3) is 0.629. The van der Waals surface area contributed by atoms with E-state index in [1.807, 2.05) is 48.5 Å². The van der Waals surface area contributed by atoms with Crippen LogP contribution in [-0.4, -0.2) is 58.5 Å². The number of rotatable bonds is 8. The molecule has 0 spiro atoms. The Hall–Kier alpha value is -2.49. The largest absolute Gasteiger partial charge is 0.395 e. The number of nitrogens with zero attached hydrogens (tertiary/aromatic N) is 1. The van der Waals surface area contributed by atoms with Crippen LogP contribution in [0.4, 0.5) is 10.5 Å². The molecule has 8 nitrogen and oxygen atoms in total. The first kappa shape index (κ1) is 29.2. The van der Waals surface area contributed by atoms with Crippen molar-refractivity contribution in [1.29, 1.82) is 0 Å². The number of hydrogen-bond acceptors (Lipinski definition) is 6. The average molecular weight is 590 g/mol. The third-order valence-corrected chi connectivity index (χ3v) is 11.1. The first-order chi connectivity index (χ1) is 20.9. The molecule has 4 N–H and O–H groups in total. The van der Waals surface area contributed by atoms with E-state index in [1.54, 1.807) is 0 Å². The topological polar surface area (TPSA) is 103 Å². The van der Waals surface area contributed by atoms with Crippen molar-refractivity contribution < 1.29 is 24.5 Å². The molecule has 4 saturated carbocycles. The Bertz CT molecular complexity index is 1230. The minimum absolute atomic E-state index is 0.00811. The van der Waals surface area contributed by atoms with Gasteiger partial charge < -0.3 is 30.3 Å². The van der Waals surface area contributed by atoms with Crippen molar-refractivity contribution in [2.24, 2.45) is 23.7 Å². The third kappa shape index (κ3) is 6.09. The monoisotopic (exact) mass is 589 g/mol. The minimum Gasteiger partial charge on any atom is -0.395 e. The second-order valence-corrected chi connectivity index (χ2v) is 14.2. The van der Waals surface area contributed by atoms with Crippen molar-refractivity contribution in [2.45, 2.75) is 95.0 Å². The lowest BCUT2D eigenvalue weighted by atomic mass is 9.53. The molecule has 43 heavy (non-hydrogen) atoms. The smallest absolute Gasteiger partial charge is 0.319 e. The number of urea groups is 1. The molecule has 2 aromatic carbocycles. The van der Waals surface area contributed by atoms with Crippen LogP contribution in [0.5, 0.6) is 0 Å². The normalized spacial score (nSPS) is 37.0. The number of aliphatic hydroxyl groups is 2. The summed E-state index contributed by atoms with van der Waals surface area (Å²) in [7, 11) is 0. The van der Waals surface area contributed by atoms with Gasteiger partial charge in [-0.1, -0.05) is 43.3 Å². The molecule has 0 radical (unpaired) electrons. The van der Waals surface area contributed by atoms with Gasteiger partial charge in [0.1, 0.15) is 0 Å². The maximum Gasteiger partial charge on any atom is 0.319 e. The van der Waals surface area contributed by atoms with Crippen molar-refractivity contribution in [3.05, 3.63) is 65.2 Å². The summed E-state index contributed by atoms with van der Waals surface area (Å²) in [5, 5.41) is 25.9. The van der Waals surface area contributed by atoms with Gasteiger partial charge >= 0.3 is 6.03 Å². The molecular weight excluding hydrogens is 542 g/mol. The molecule has 6 aliphatic rings. The number of aliphatic hydroxyl groups excluding tert-OH is 2. The van der Waals surface area contributed by atoms with E-state index < -0.39 is 6.29 Å². The van der Waals surface area contributed by atoms with Gasteiger partial charge in [0.05, 0.1) is 25.4 Å². The predicted molar refractivity (Wildman–Crippen MR) is 164 cm³/mol. The molecule has 0 unspecified atom stereocenters. The number of benzene rings is 2. The molecule has 2 saturated heterocycles. The molecular formula is C35H47N3O5. The highest BCUT2D eigenvalue weighted by molar-refractivity contribution is 5.89. The van der Waals surface area contributed by atoms with Gasteiger partial charge in [0, 0.05) is 35.3 Å². The Morgan fingerprint density at radius 1 is 0.930 bits per heavy atom. The van der Waals surface area contributed by atoms with Crippen LogP contribution in [0.15, 0.2) is 48.5 Å². The van der Waals surface area contributed by atoms with Crippen LogP contribution in [0.2, 0.25) is 0 Å². The van der Waals surface area contributed by atoms with E-state index in [-0.39, 0.29) is 49.0 Å². The van der Waals surface area contributed by atoms with E-state index in [0.29, 0.717) is 0 Å². The van der Waals surface area contributed by atoms with Crippen molar-refractivity contribution in [2.75, 3.05) is 25.0 Å². The minimum atomic E-state index is -0.561. The molecule has 232 valence electrons. The van der Waals surface area contributed by atoms with Crippen LogP contribution in [0.25, 0.3) is 0 Å². The predicted octanol–water partition coefficient (Wildman–Crippen LogP) is 5.52. The average Bonchev–Trinajstić information content (AvgIpc) is 3.45. The molecule has 5 atom stereocenters. The van der Waals surface area contributed by atoms with E-state index in [9.17, 15) is 15.0 Å². The lowest BCUT2D eigenvalue weighted by Crippen LogP contribution is -2.60. The van der Waals surface area contributed by atoms with Crippen LogP contribution in [0.3, 0.4) is 0 Å². The summed E-state index contributed by atoms with van der Waals surface area (Å²) in [5.74, 6) is 2.43. The number of carbonyl (C=O) groups is 1. The van der Waals surface area contributed by atoms with Gasteiger partial charge in [-0.15, -0.1) is 0 Å². The van der Waals surface area contributed by atoms with E-state index in [1.165, 1.54) is 19.3 Å². The highest BCUT2D eigenvalue weighted by atomic mass is 16.7. The Kier molecular flexibility index (Phi) is 8.24. The van der Waals surface area contributed by atoms with Crippen LogP contribution < -0.4 is 10.6 Å². The maximum atomic E-state index is 13.1. The van der Waals surface area contributed by atoms with Crippen molar-refractivity contribution in [3.8, 4) is 0 Å². The molecule has 4 bridgehead atoms. The summed E-state index contributed by atoms with van der Waals surface area (Å²) in [4.78, 5) is 15.5. The maximum absolute atomic E-state index is 13.1. The highest BCUT2D eigenvalue weighted by Crippen LogP contribution is 2.55. The van der Waals surface area contributed by atoms with Gasteiger partial charge in [0.15, 0.2) is 6.29 Å². The first-order valence-corrected chi connectivity index (χ1v) is 16.4. The standard InChI is InChI=1S/C35H47N3O5/c1-22-31(19-38-12-2-3-30(38)21-40)42-33(43-32(22)27-6-4-23(20-39)5-7-27)28-8-10-29(11-9-28)36-34(41)37-35-16-24-13-25(17-35)15-26(14-24)18-35/h4-11,22,24-26,30-33,39-40H,2-3,12-21H2,1H3,(H2,36,37,41)/t22-,24?,25?,26?,30-,31+,32+,33+,35?/m0/s1. The molecule has 2 aliphatic heterocycles. The Morgan fingerprint density at radius 2 is 1.58 bits per heavy atom. The zero-order chi connectivity index (χ0) is 29.6. The number of nitrogens with one attached hydrogen (secondary N) is 2. The second-order valence-electron chi connectivity index (χ2n) is 14.2. The lowest BCUT2D eigenvalue weighted by Gasteiger charge is -2.56. The quantitative estimate of drug-likeness (QED) is 0.324. The molecule has 0 aromatic heterocycles. The summed E-state index contributed by atoms with van der Waals surface area (Å²) in [6.07, 6.45) is 8.70. The van der Waals surface area contributed by atoms with E-state index in [4.69, 9.17) is 9.47 Å². The highest BCUT2D eigenvalue weighted by Gasteiger charge is 2.51. The van der Waals surface area contributed by atoms with Crippen molar-refractivity contribution in [1.82, 2.24) is 10.2 Å². The summed E-state index contributed by atoms with van der Waals surface area (Å²) in [6.45, 7) is 4.05. The number of likely N-dealkylation sites (tertiary alicyclic amines) is 1. The number of hydrogen-bond donors (Lipinski definition) is 4. The van der Waals surface area contributed by atoms with Crippen molar-refractivity contribution in [3.63, 3.8) is 0 Å². The van der Waals surface area contributed by atoms with Crippen LogP contribution in [0.1, 0.15) is 87.4 Å². The van der Waals surface area contributed by atoms with E-state index >= 15 is 0 Å². The Balaban J connectivity index is 1.04. The SMILES string of the molecule is C[C@H]1[C@@H](CN2CCC[C@H]2CO)O[C@@H](c2ccc(NC(=O)NC34CC5CC(CC(C5)C3)C4)cc2)O[C@H]1c1ccc(CO)cc1. The Labute approximate surface area is 255 Å². The molecule has 4 aliphatic carbocycles. The molecule has 8 heteroatoms. The van der Waals surface area contributed by atoms with Gasteiger partial charge in [-0.3, -0.25) is 4.90 Å². The fourth-order valence-corrected chi connectivity index (χ4v) is 9.29. The molecule has 2 heterocycles. The van der Waals surface area contributed by atoms with E-state index in [0.717, 1.165) is 85.3 Å². The van der Waals surface area contributed by atoms with Crippen LogP contribution in [0, 0.1) is 23.7 Å². The van der Waals surface area contributed by atoms with Crippen LogP contribution in [-0.2, 0) is 16.1 Å². The van der Waals surface area contributed by atoms with Crippen LogP contribution >= 0.6 is 0 Å². The van der Waals surface area contributed by atoms with Gasteiger partial charge in [-0.05, 0) is 98.9 Å². The third-order valence-electron chi connectivity index (χ3n) is 11.1. The zero-order valence-corrected chi connectivity index (χ0v) is 25.3. The van der Waals surface area contributed by atoms with Gasteiger partial charge in [-0.25, -0.2) is 4.79 Å². The Morgan fingerprint density at radius 3 is 2.21 bits per heavy atom. The number of amides is 2. The second kappa shape index (κ2) is 12.1. The molecule has 8 rings (SSSR count). The molecule has 6 fully saturated rings. The summed E-state index contributed by atoms with van der Waals surface area (Å²) < 4.78 is 13.3. The van der Waals surface area contributed by atoms with Gasteiger partial charge in [-0.2, -0.15) is 0 Å². The summed E-state index contributed by atoms with van der Waals surface area (Å²) in [5.41, 5.74) is 3.56. The van der Waals surface area contributed by atoms with Crippen molar-refractivity contribution >= 4 is 11.7 Å². The fourth-order valence-electron chi connectivity index (χ4n) is 9.29. The molecule has 2 aromatic rings. The number of ether oxygens (including phenoxy) is 2. The van der Waals surface area contributed by atoms with E-state index in [2.05, 4.69) is 22.5 Å². The first-order valence-electron chi connectivity index (χ1n) is 16.4. The number of anilines is 1.